The third-order valence-corrected chi connectivity index (χ3v) is 1.83. The number of benzene rings is 1. The largest absolute Gasteiger partial charge is 0.460 e. The zero-order chi connectivity index (χ0) is 10.6. The van der Waals surface area contributed by atoms with E-state index in [-0.39, 0.29) is 25.4 Å². The van der Waals surface area contributed by atoms with Crippen LogP contribution in [0.4, 0.5) is 0 Å². The maximum absolute atomic E-state index is 11.4. The summed E-state index contributed by atoms with van der Waals surface area (Å²) in [5.74, 6) is -0.165. The molecule has 0 amide bonds. The monoisotopic (exact) mass is 256 g/mol. The molecule has 0 aliphatic rings. The molecule has 0 aromatic heterocycles. The molecule has 1 aromatic carbocycles. The van der Waals surface area contributed by atoms with E-state index in [1.54, 1.807) is 0 Å². The van der Waals surface area contributed by atoms with Gasteiger partial charge in [-0.05, 0) is 26.3 Å². The van der Waals surface area contributed by atoms with Gasteiger partial charge in [0.2, 0.25) is 0 Å². The molecule has 15 heavy (non-hydrogen) atoms. The molecule has 78 valence electrons. The Hall–Kier alpha value is -0.687. The van der Waals surface area contributed by atoms with Crippen molar-refractivity contribution in [2.45, 2.75) is 27.4 Å². The van der Waals surface area contributed by atoms with Crippen LogP contribution in [0.3, 0.4) is 0 Å². The average Bonchev–Trinajstić information content (AvgIpc) is 2.14. The third-order valence-electron chi connectivity index (χ3n) is 1.83. The molecule has 0 saturated heterocycles. The number of ether oxygens (including phenoxy) is 1. The van der Waals surface area contributed by atoms with Gasteiger partial charge in [-0.25, -0.2) is 0 Å². The molecule has 0 saturated carbocycles. The molecule has 0 fully saturated rings. The van der Waals surface area contributed by atoms with Crippen LogP contribution in [-0.4, -0.2) is 5.97 Å². The summed E-state index contributed by atoms with van der Waals surface area (Å²) >= 11 is 0. The van der Waals surface area contributed by atoms with E-state index in [9.17, 15) is 4.79 Å². The van der Waals surface area contributed by atoms with E-state index in [4.69, 9.17) is 4.74 Å². The van der Waals surface area contributed by atoms with E-state index in [2.05, 4.69) is 0 Å². The van der Waals surface area contributed by atoms with Gasteiger partial charge in [0, 0.05) is 19.5 Å². The van der Waals surface area contributed by atoms with Crippen LogP contribution >= 0.6 is 0 Å². The van der Waals surface area contributed by atoms with Gasteiger partial charge in [-0.15, -0.1) is 0 Å². The second-order valence-corrected chi connectivity index (χ2v) is 4.31. The molecule has 0 atom stereocenters. The Labute approximate surface area is 104 Å². The van der Waals surface area contributed by atoms with Crippen molar-refractivity contribution >= 4 is 5.97 Å². The van der Waals surface area contributed by atoms with Crippen LogP contribution in [0.2, 0.25) is 0 Å². The van der Waals surface area contributed by atoms with Crippen molar-refractivity contribution in [3.8, 4) is 0 Å². The Morgan fingerprint density at radius 1 is 1.20 bits per heavy atom. The quantitative estimate of drug-likeness (QED) is 0.602. The Kier molecular flexibility index (Phi) is 5.74. The van der Waals surface area contributed by atoms with Crippen LogP contribution in [0.15, 0.2) is 30.3 Å². The van der Waals surface area contributed by atoms with E-state index in [1.165, 1.54) is 0 Å². The minimum Gasteiger partial charge on any atom is -0.460 e. The molecule has 1 rings (SSSR count). The van der Waals surface area contributed by atoms with Crippen LogP contribution in [0.5, 0.6) is 0 Å². The minimum absolute atomic E-state index is 0. The summed E-state index contributed by atoms with van der Waals surface area (Å²) in [6.45, 7) is 5.90. The van der Waals surface area contributed by atoms with Crippen LogP contribution in [0.1, 0.15) is 26.3 Å². The van der Waals surface area contributed by atoms with Crippen molar-refractivity contribution in [2.75, 3.05) is 0 Å². The summed E-state index contributed by atoms with van der Waals surface area (Å²) < 4.78 is 5.15. The van der Waals surface area contributed by atoms with Crippen molar-refractivity contribution in [3.63, 3.8) is 0 Å². The maximum atomic E-state index is 11.4. The van der Waals surface area contributed by atoms with Crippen LogP contribution in [0, 0.1) is 5.41 Å². The van der Waals surface area contributed by atoms with Crippen LogP contribution in [-0.2, 0) is 35.6 Å². The molecule has 1 aromatic rings. The molecule has 0 aliphatic heterocycles. The second kappa shape index (κ2) is 6.02. The number of carbonyl (C=O) groups excluding carboxylic acids is 1. The average molecular weight is 258 g/mol. The number of rotatable bonds is 2. The van der Waals surface area contributed by atoms with E-state index in [0.29, 0.717) is 6.61 Å². The molecule has 0 N–H and O–H groups in total. The number of esters is 1. The number of hydrogen-bond acceptors (Lipinski definition) is 2. The first kappa shape index (κ1) is 14.3. The van der Waals surface area contributed by atoms with Gasteiger partial charge in [0.25, 0.3) is 0 Å². The van der Waals surface area contributed by atoms with Crippen LogP contribution < -0.4 is 0 Å². The van der Waals surface area contributed by atoms with Gasteiger partial charge < -0.3 is 4.74 Å². The third kappa shape index (κ3) is 5.08. The topological polar surface area (TPSA) is 26.3 Å². The standard InChI is InChI=1S/C12H16O2.Zn/c1-12(2,3)11(13)14-9-10-7-5-4-6-8-10;/h4-8H,9H2,1-3H3;. The van der Waals surface area contributed by atoms with Crippen molar-refractivity contribution in [2.24, 2.45) is 5.41 Å². The van der Waals surface area contributed by atoms with Gasteiger partial charge in [0.05, 0.1) is 5.41 Å². The zero-order valence-electron chi connectivity index (χ0n) is 9.62. The number of hydrogen-bond donors (Lipinski definition) is 0. The molecule has 0 spiro atoms. The molecule has 0 heterocycles. The normalized spacial score (nSPS) is 10.3. The predicted molar refractivity (Wildman–Crippen MR) is 55.7 cm³/mol. The van der Waals surface area contributed by atoms with Gasteiger partial charge in [-0.2, -0.15) is 0 Å². The SMILES string of the molecule is CC(C)(C)C(=O)OCc1ccccc1.[Zn]. The molecule has 3 heteroatoms. The van der Waals surface area contributed by atoms with Gasteiger partial charge >= 0.3 is 5.97 Å². The molecule has 0 bridgehead atoms. The zero-order valence-corrected chi connectivity index (χ0v) is 12.6. The summed E-state index contributed by atoms with van der Waals surface area (Å²) in [4.78, 5) is 11.4. The molecule has 2 nitrogen and oxygen atoms in total. The van der Waals surface area contributed by atoms with E-state index < -0.39 is 5.41 Å². The van der Waals surface area contributed by atoms with Gasteiger partial charge in [0.1, 0.15) is 6.61 Å². The molecule has 0 unspecified atom stereocenters. The van der Waals surface area contributed by atoms with E-state index >= 15 is 0 Å². The first-order valence-corrected chi connectivity index (χ1v) is 4.71. The number of carbonyl (C=O) groups is 1. The minimum atomic E-state index is -0.422. The molecular formula is C12H16O2Zn. The summed E-state index contributed by atoms with van der Waals surface area (Å²) in [6, 6.07) is 9.68. The van der Waals surface area contributed by atoms with Crippen molar-refractivity contribution < 1.29 is 29.0 Å². The molecular weight excluding hydrogens is 242 g/mol. The summed E-state index contributed by atoms with van der Waals surface area (Å²) in [5.41, 5.74) is 0.597. The van der Waals surface area contributed by atoms with Crippen molar-refractivity contribution in [3.05, 3.63) is 35.9 Å². The summed E-state index contributed by atoms with van der Waals surface area (Å²) in [5, 5.41) is 0. The van der Waals surface area contributed by atoms with Gasteiger partial charge in [-0.1, -0.05) is 30.3 Å². The van der Waals surface area contributed by atoms with E-state index in [0.717, 1.165) is 5.56 Å². The smallest absolute Gasteiger partial charge is 0.311 e. The molecule has 0 radical (unpaired) electrons. The Morgan fingerprint density at radius 3 is 2.20 bits per heavy atom. The maximum Gasteiger partial charge on any atom is 0.311 e. The Balaban J connectivity index is 0.00000196. The predicted octanol–water partition coefficient (Wildman–Crippen LogP) is 2.77. The first-order valence-electron chi connectivity index (χ1n) is 4.71. The molecule has 0 aliphatic carbocycles. The summed E-state index contributed by atoms with van der Waals surface area (Å²) in [7, 11) is 0. The first-order chi connectivity index (χ1) is 6.50. The fourth-order valence-electron chi connectivity index (χ4n) is 0.940. The Bertz CT molecular complexity index is 301. The van der Waals surface area contributed by atoms with Crippen LogP contribution in [0.25, 0.3) is 0 Å². The van der Waals surface area contributed by atoms with Gasteiger partial charge in [-0.3, -0.25) is 4.79 Å². The van der Waals surface area contributed by atoms with Gasteiger partial charge in [0.15, 0.2) is 0 Å². The second-order valence-electron chi connectivity index (χ2n) is 4.31. The Morgan fingerprint density at radius 2 is 1.73 bits per heavy atom. The summed E-state index contributed by atoms with van der Waals surface area (Å²) in [6.07, 6.45) is 0. The van der Waals surface area contributed by atoms with Crippen molar-refractivity contribution in [1.29, 1.82) is 0 Å². The fraction of sp³-hybridized carbons (Fsp3) is 0.417. The van der Waals surface area contributed by atoms with E-state index in [1.807, 2.05) is 51.1 Å². The van der Waals surface area contributed by atoms with Crippen molar-refractivity contribution in [1.82, 2.24) is 0 Å². The fourth-order valence-corrected chi connectivity index (χ4v) is 0.940.